The van der Waals surface area contributed by atoms with Crippen LogP contribution in [0.25, 0.3) is 0 Å². The van der Waals surface area contributed by atoms with Gasteiger partial charge in [0.15, 0.2) is 0 Å². The van der Waals surface area contributed by atoms with Crippen LogP contribution in [0, 0.1) is 0 Å². The molecule has 0 aromatic heterocycles. The first-order chi connectivity index (χ1) is 5.04. The topological polar surface area (TPSA) is 49.4 Å². The summed E-state index contributed by atoms with van der Waals surface area (Å²) in [6, 6.07) is -0.706. The molecule has 0 aromatic rings. The van der Waals surface area contributed by atoms with Crippen LogP contribution >= 0.6 is 0 Å². The van der Waals surface area contributed by atoms with Crippen molar-refractivity contribution in [1.29, 1.82) is 0 Å². The van der Waals surface area contributed by atoms with E-state index < -0.39 is 0 Å². The lowest BCUT2D eigenvalue weighted by Gasteiger charge is -2.32. The van der Waals surface area contributed by atoms with Gasteiger partial charge in [0.05, 0.1) is 0 Å². The zero-order valence-corrected chi connectivity index (χ0v) is 6.92. The van der Waals surface area contributed by atoms with Crippen LogP contribution in [0.15, 0.2) is 0 Å². The van der Waals surface area contributed by atoms with Crippen LogP contribution in [-0.4, -0.2) is 35.8 Å². The second-order valence-electron chi connectivity index (χ2n) is 2.86. The van der Waals surface area contributed by atoms with Gasteiger partial charge < -0.3 is 10.2 Å². The van der Waals surface area contributed by atoms with Gasteiger partial charge in [0.25, 0.3) is 0 Å². The van der Waals surface area contributed by atoms with Crippen molar-refractivity contribution in [3.63, 3.8) is 0 Å². The number of rotatable bonds is 0. The summed E-state index contributed by atoms with van der Waals surface area (Å²) in [4.78, 5) is 23.7. The number of nitrogens with one attached hydrogen (secondary N) is 1. The Labute approximate surface area is 65.6 Å². The number of carbonyl (C=O) groups is 2. The molecule has 62 valence electrons. The maximum absolute atomic E-state index is 11.2. The van der Waals surface area contributed by atoms with Crippen LogP contribution in [-0.2, 0) is 9.59 Å². The fourth-order valence-corrected chi connectivity index (χ4v) is 1.07. The highest BCUT2D eigenvalue weighted by Gasteiger charge is 2.32. The predicted octanol–water partition coefficient (Wildman–Crippen LogP) is -0.648. The van der Waals surface area contributed by atoms with E-state index >= 15 is 0 Å². The third-order valence-electron chi connectivity index (χ3n) is 2.04. The highest BCUT2D eigenvalue weighted by Crippen LogP contribution is 2.05. The summed E-state index contributed by atoms with van der Waals surface area (Å²) in [6.07, 6.45) is 0. The molecular weight excluding hydrogens is 144 g/mol. The molecule has 0 radical (unpaired) electrons. The maximum atomic E-state index is 11.2. The van der Waals surface area contributed by atoms with E-state index in [0.29, 0.717) is 0 Å². The van der Waals surface area contributed by atoms with Crippen LogP contribution < -0.4 is 5.32 Å². The number of likely N-dealkylation sites (N-methyl/N-ethyl adjacent to an activating group) is 1. The van der Waals surface area contributed by atoms with Gasteiger partial charge in [0, 0.05) is 7.05 Å². The summed E-state index contributed by atoms with van der Waals surface area (Å²) in [7, 11) is 1.64. The second-order valence-corrected chi connectivity index (χ2v) is 2.86. The third-order valence-corrected chi connectivity index (χ3v) is 2.04. The summed E-state index contributed by atoms with van der Waals surface area (Å²) >= 11 is 0. The van der Waals surface area contributed by atoms with Crippen molar-refractivity contribution in [2.75, 3.05) is 7.05 Å². The molecule has 1 saturated heterocycles. The van der Waals surface area contributed by atoms with Crippen molar-refractivity contribution in [2.45, 2.75) is 25.9 Å². The Hall–Kier alpha value is -1.06. The molecule has 0 spiro atoms. The normalized spacial score (nSPS) is 32.1. The van der Waals surface area contributed by atoms with Gasteiger partial charge in [-0.05, 0) is 13.8 Å². The highest BCUT2D eigenvalue weighted by molar-refractivity contribution is 5.96. The third kappa shape index (κ3) is 1.20. The van der Waals surface area contributed by atoms with Crippen molar-refractivity contribution >= 4 is 11.8 Å². The molecule has 1 aliphatic heterocycles. The van der Waals surface area contributed by atoms with Crippen LogP contribution in [0.3, 0.4) is 0 Å². The Bertz CT molecular complexity index is 203. The fraction of sp³-hybridized carbons (Fsp3) is 0.714. The minimum Gasteiger partial charge on any atom is -0.343 e. The number of nitrogens with zero attached hydrogens (tertiary/aromatic N) is 1. The van der Waals surface area contributed by atoms with E-state index in [-0.39, 0.29) is 23.9 Å². The Balaban J connectivity index is 2.78. The molecule has 0 bridgehead atoms. The maximum Gasteiger partial charge on any atom is 0.245 e. The largest absolute Gasteiger partial charge is 0.343 e. The molecule has 1 fully saturated rings. The first kappa shape index (κ1) is 8.04. The first-order valence-corrected chi connectivity index (χ1v) is 3.61. The minimum absolute atomic E-state index is 0.0305. The van der Waals surface area contributed by atoms with Crippen molar-refractivity contribution in [2.24, 2.45) is 0 Å². The first-order valence-electron chi connectivity index (χ1n) is 3.61. The summed E-state index contributed by atoms with van der Waals surface area (Å²) in [6.45, 7) is 3.39. The molecule has 0 unspecified atom stereocenters. The van der Waals surface area contributed by atoms with E-state index in [0.717, 1.165) is 0 Å². The average molecular weight is 156 g/mol. The van der Waals surface area contributed by atoms with Gasteiger partial charge >= 0.3 is 0 Å². The predicted molar refractivity (Wildman–Crippen MR) is 39.8 cm³/mol. The summed E-state index contributed by atoms with van der Waals surface area (Å²) in [5, 5.41) is 2.58. The lowest BCUT2D eigenvalue weighted by atomic mass is 10.1. The number of hydrogen-bond donors (Lipinski definition) is 1. The Morgan fingerprint density at radius 1 is 1.36 bits per heavy atom. The second kappa shape index (κ2) is 2.53. The van der Waals surface area contributed by atoms with Gasteiger partial charge in [-0.3, -0.25) is 9.59 Å². The Kier molecular flexibility index (Phi) is 1.85. The summed E-state index contributed by atoms with van der Waals surface area (Å²) in [5.74, 6) is -0.114. The smallest absolute Gasteiger partial charge is 0.245 e. The van der Waals surface area contributed by atoms with Crippen molar-refractivity contribution in [3.8, 4) is 0 Å². The number of carbonyl (C=O) groups excluding carboxylic acids is 2. The zero-order valence-electron chi connectivity index (χ0n) is 6.92. The summed E-state index contributed by atoms with van der Waals surface area (Å²) in [5.41, 5.74) is 0. The lowest BCUT2D eigenvalue weighted by Crippen LogP contribution is -2.59. The van der Waals surface area contributed by atoms with Gasteiger partial charge in [-0.1, -0.05) is 0 Å². The fourth-order valence-electron chi connectivity index (χ4n) is 1.07. The van der Waals surface area contributed by atoms with E-state index in [2.05, 4.69) is 5.32 Å². The highest BCUT2D eigenvalue weighted by atomic mass is 16.2. The molecule has 1 aliphatic rings. The Morgan fingerprint density at radius 3 is 2.45 bits per heavy atom. The van der Waals surface area contributed by atoms with Crippen LogP contribution in [0.2, 0.25) is 0 Å². The van der Waals surface area contributed by atoms with E-state index in [1.54, 1.807) is 20.9 Å². The standard InChI is InChI=1S/C7H12N2O2/c1-4-7(11)9(3)5(2)6(10)8-4/h4-5H,1-3H3,(H,8,10)/t4-,5-/m0/s1. The molecule has 2 atom stereocenters. The molecule has 0 aliphatic carbocycles. The molecule has 4 nitrogen and oxygen atoms in total. The van der Waals surface area contributed by atoms with Gasteiger partial charge in [0.2, 0.25) is 11.8 Å². The number of piperazine rings is 1. The van der Waals surface area contributed by atoms with E-state index in [1.165, 1.54) is 4.90 Å². The molecule has 0 saturated carbocycles. The van der Waals surface area contributed by atoms with Crippen molar-refractivity contribution in [3.05, 3.63) is 0 Å². The lowest BCUT2D eigenvalue weighted by molar-refractivity contribution is -0.146. The number of hydrogen-bond acceptors (Lipinski definition) is 2. The van der Waals surface area contributed by atoms with Gasteiger partial charge in [-0.15, -0.1) is 0 Å². The van der Waals surface area contributed by atoms with Crippen LogP contribution in [0.5, 0.6) is 0 Å². The molecule has 1 heterocycles. The van der Waals surface area contributed by atoms with Crippen LogP contribution in [0.1, 0.15) is 13.8 Å². The van der Waals surface area contributed by atoms with E-state index in [4.69, 9.17) is 0 Å². The molecule has 1 N–H and O–H groups in total. The summed E-state index contributed by atoms with van der Waals surface area (Å²) < 4.78 is 0. The average Bonchev–Trinajstić information content (AvgIpc) is 1.97. The molecule has 0 aromatic carbocycles. The van der Waals surface area contributed by atoms with Crippen molar-refractivity contribution in [1.82, 2.24) is 10.2 Å². The SMILES string of the molecule is C[C@@H]1NC(=O)[C@H](C)N(C)C1=O. The molecule has 4 heteroatoms. The van der Waals surface area contributed by atoms with Gasteiger partial charge in [-0.25, -0.2) is 0 Å². The van der Waals surface area contributed by atoms with Gasteiger partial charge in [-0.2, -0.15) is 0 Å². The molecule has 2 amide bonds. The van der Waals surface area contributed by atoms with Crippen molar-refractivity contribution < 1.29 is 9.59 Å². The van der Waals surface area contributed by atoms with E-state index in [1.807, 2.05) is 0 Å². The van der Waals surface area contributed by atoms with Crippen LogP contribution in [0.4, 0.5) is 0 Å². The minimum atomic E-state index is -0.372. The molecular formula is C7H12N2O2. The zero-order chi connectivity index (χ0) is 8.59. The molecule has 1 rings (SSSR count). The quantitative estimate of drug-likeness (QED) is 0.506. The monoisotopic (exact) mass is 156 g/mol. The number of amides is 2. The van der Waals surface area contributed by atoms with E-state index in [9.17, 15) is 9.59 Å². The molecule has 11 heavy (non-hydrogen) atoms. The van der Waals surface area contributed by atoms with Gasteiger partial charge in [0.1, 0.15) is 12.1 Å². The Morgan fingerprint density at radius 2 is 1.91 bits per heavy atom.